The molecule has 0 aliphatic carbocycles. The first-order valence-electron chi connectivity index (χ1n) is 8.65. The number of hydrogen-bond acceptors (Lipinski definition) is 4. The summed E-state index contributed by atoms with van der Waals surface area (Å²) in [7, 11) is 0. The number of halogens is 3. The van der Waals surface area contributed by atoms with E-state index in [0.717, 1.165) is 18.1 Å². The van der Waals surface area contributed by atoms with E-state index in [1.165, 1.54) is 11.8 Å². The number of aromatic nitrogens is 3. The zero-order chi connectivity index (χ0) is 19.0. The third kappa shape index (κ3) is 3.37. The summed E-state index contributed by atoms with van der Waals surface area (Å²) in [5, 5.41) is 0. The highest BCUT2D eigenvalue weighted by Crippen LogP contribution is 2.36. The van der Waals surface area contributed by atoms with Gasteiger partial charge in [-0.15, -0.1) is 0 Å². The molecule has 2 aromatic heterocycles. The highest BCUT2D eigenvalue weighted by molar-refractivity contribution is 5.56. The molecule has 0 saturated carbocycles. The zero-order valence-electron chi connectivity index (χ0n) is 14.6. The van der Waals surface area contributed by atoms with Crippen LogP contribution >= 0.6 is 0 Å². The van der Waals surface area contributed by atoms with Crippen molar-refractivity contribution >= 4 is 5.82 Å². The number of nitrogens with zero attached hydrogens (tertiary/aromatic N) is 4. The maximum absolute atomic E-state index is 13.4. The van der Waals surface area contributed by atoms with Crippen molar-refractivity contribution in [2.24, 2.45) is 0 Å². The van der Waals surface area contributed by atoms with Crippen molar-refractivity contribution in [3.63, 3.8) is 0 Å². The molecular formula is C20H17F3N4. The van der Waals surface area contributed by atoms with Crippen LogP contribution in [0, 0.1) is 0 Å². The molecule has 3 heterocycles. The van der Waals surface area contributed by atoms with Crippen molar-refractivity contribution < 1.29 is 13.2 Å². The van der Waals surface area contributed by atoms with Crippen LogP contribution in [0.25, 0.3) is 11.5 Å². The minimum atomic E-state index is -4.56. The van der Waals surface area contributed by atoms with Crippen LogP contribution in [0.2, 0.25) is 0 Å². The molecule has 0 radical (unpaired) electrons. The van der Waals surface area contributed by atoms with Gasteiger partial charge in [-0.05, 0) is 36.6 Å². The standard InChI is InChI=1S/C20H17F3N4/c1-13-15-7-3-2-6-14(15)9-11-27(13)18-12-17(20(21,22)23)25-19(26-18)16-8-4-5-10-24-16/h2-8,10,12-13H,9,11H2,1H3. The summed E-state index contributed by atoms with van der Waals surface area (Å²) in [5.74, 6) is 0.242. The van der Waals surface area contributed by atoms with Gasteiger partial charge in [0.25, 0.3) is 0 Å². The lowest BCUT2D eigenvalue weighted by Crippen LogP contribution is -2.35. The summed E-state index contributed by atoms with van der Waals surface area (Å²) in [6.07, 6.45) is -2.29. The molecule has 0 amide bonds. The maximum Gasteiger partial charge on any atom is 0.433 e. The van der Waals surface area contributed by atoms with Crippen molar-refractivity contribution in [3.05, 3.63) is 71.5 Å². The Kier molecular flexibility index (Phi) is 4.30. The topological polar surface area (TPSA) is 41.9 Å². The molecule has 1 atom stereocenters. The number of anilines is 1. The van der Waals surface area contributed by atoms with E-state index in [9.17, 15) is 13.2 Å². The second-order valence-corrected chi connectivity index (χ2v) is 6.47. The molecular weight excluding hydrogens is 353 g/mol. The zero-order valence-corrected chi connectivity index (χ0v) is 14.6. The van der Waals surface area contributed by atoms with E-state index >= 15 is 0 Å². The summed E-state index contributed by atoms with van der Waals surface area (Å²) < 4.78 is 40.3. The van der Waals surface area contributed by atoms with E-state index in [0.29, 0.717) is 12.2 Å². The van der Waals surface area contributed by atoms with Gasteiger partial charge in [0.05, 0.1) is 6.04 Å². The van der Waals surface area contributed by atoms with Crippen molar-refractivity contribution in [2.45, 2.75) is 25.6 Å². The van der Waals surface area contributed by atoms with Crippen molar-refractivity contribution in [3.8, 4) is 11.5 Å². The van der Waals surface area contributed by atoms with Crippen LogP contribution in [0.3, 0.4) is 0 Å². The van der Waals surface area contributed by atoms with Gasteiger partial charge in [0.1, 0.15) is 11.5 Å². The lowest BCUT2D eigenvalue weighted by Gasteiger charge is -2.36. The molecule has 27 heavy (non-hydrogen) atoms. The Hall–Kier alpha value is -2.96. The molecule has 138 valence electrons. The molecule has 0 N–H and O–H groups in total. The highest BCUT2D eigenvalue weighted by atomic mass is 19.4. The maximum atomic E-state index is 13.4. The molecule has 3 aromatic rings. The fourth-order valence-electron chi connectivity index (χ4n) is 3.42. The first-order chi connectivity index (χ1) is 12.9. The Morgan fingerprint density at radius 2 is 1.81 bits per heavy atom. The van der Waals surface area contributed by atoms with E-state index in [2.05, 4.69) is 21.0 Å². The molecule has 0 fully saturated rings. The Morgan fingerprint density at radius 3 is 2.56 bits per heavy atom. The minimum absolute atomic E-state index is 0.0218. The van der Waals surface area contributed by atoms with Crippen LogP contribution in [0.5, 0.6) is 0 Å². The predicted molar refractivity (Wildman–Crippen MR) is 96.2 cm³/mol. The van der Waals surface area contributed by atoms with Gasteiger partial charge in [-0.3, -0.25) is 4.98 Å². The second kappa shape index (κ2) is 6.64. The van der Waals surface area contributed by atoms with Crippen molar-refractivity contribution in [1.82, 2.24) is 15.0 Å². The van der Waals surface area contributed by atoms with Gasteiger partial charge < -0.3 is 4.90 Å². The van der Waals surface area contributed by atoms with Crippen molar-refractivity contribution in [2.75, 3.05) is 11.4 Å². The van der Waals surface area contributed by atoms with E-state index in [1.807, 2.05) is 30.0 Å². The molecule has 1 aliphatic heterocycles. The fourth-order valence-corrected chi connectivity index (χ4v) is 3.42. The first kappa shape index (κ1) is 17.5. The third-order valence-electron chi connectivity index (χ3n) is 4.79. The summed E-state index contributed by atoms with van der Waals surface area (Å²) in [6.45, 7) is 2.57. The molecule has 1 aromatic carbocycles. The van der Waals surface area contributed by atoms with Gasteiger partial charge in [0.2, 0.25) is 0 Å². The number of fused-ring (bicyclic) bond motifs is 1. The van der Waals surface area contributed by atoms with Gasteiger partial charge in [-0.25, -0.2) is 9.97 Å². The third-order valence-corrected chi connectivity index (χ3v) is 4.79. The summed E-state index contributed by atoms with van der Waals surface area (Å²) >= 11 is 0. The predicted octanol–water partition coefficient (Wildman–Crippen LogP) is 4.68. The monoisotopic (exact) mass is 370 g/mol. The minimum Gasteiger partial charge on any atom is -0.349 e. The van der Waals surface area contributed by atoms with Crippen LogP contribution < -0.4 is 4.90 Å². The SMILES string of the molecule is CC1c2ccccc2CCN1c1cc(C(F)(F)F)nc(-c2ccccn2)n1. The van der Waals surface area contributed by atoms with E-state index < -0.39 is 11.9 Å². The van der Waals surface area contributed by atoms with Crippen LogP contribution in [0.1, 0.15) is 29.8 Å². The molecule has 0 spiro atoms. The Labute approximate surface area is 154 Å². The Morgan fingerprint density at radius 1 is 1.04 bits per heavy atom. The smallest absolute Gasteiger partial charge is 0.349 e. The Balaban J connectivity index is 1.81. The molecule has 1 unspecified atom stereocenters. The van der Waals surface area contributed by atoms with Gasteiger partial charge >= 0.3 is 6.18 Å². The molecule has 0 bridgehead atoms. The lowest BCUT2D eigenvalue weighted by atomic mass is 9.93. The fraction of sp³-hybridized carbons (Fsp3) is 0.250. The van der Waals surface area contributed by atoms with Crippen LogP contribution in [0.15, 0.2) is 54.7 Å². The number of benzene rings is 1. The molecule has 7 heteroatoms. The molecule has 4 rings (SSSR count). The van der Waals surface area contributed by atoms with Crippen LogP contribution in [-0.2, 0) is 12.6 Å². The normalized spacial score (nSPS) is 16.9. The van der Waals surface area contributed by atoms with Gasteiger partial charge in [-0.1, -0.05) is 30.3 Å². The summed E-state index contributed by atoms with van der Waals surface area (Å²) in [4.78, 5) is 14.1. The first-order valence-corrected chi connectivity index (χ1v) is 8.65. The quantitative estimate of drug-likeness (QED) is 0.657. The number of rotatable bonds is 2. The van der Waals surface area contributed by atoms with Crippen molar-refractivity contribution in [1.29, 1.82) is 0 Å². The number of alkyl halides is 3. The van der Waals surface area contributed by atoms with Crippen LogP contribution in [0.4, 0.5) is 19.0 Å². The molecule has 4 nitrogen and oxygen atoms in total. The van der Waals surface area contributed by atoms with Crippen LogP contribution in [-0.4, -0.2) is 21.5 Å². The van der Waals surface area contributed by atoms with Gasteiger partial charge in [0.15, 0.2) is 11.5 Å². The van der Waals surface area contributed by atoms with Gasteiger partial charge in [0, 0.05) is 18.8 Å². The summed E-state index contributed by atoms with van der Waals surface area (Å²) in [6, 6.07) is 13.9. The highest BCUT2D eigenvalue weighted by Gasteiger charge is 2.35. The lowest BCUT2D eigenvalue weighted by molar-refractivity contribution is -0.141. The molecule has 0 saturated heterocycles. The number of pyridine rings is 1. The largest absolute Gasteiger partial charge is 0.433 e. The Bertz CT molecular complexity index is 957. The van der Waals surface area contributed by atoms with Gasteiger partial charge in [-0.2, -0.15) is 13.2 Å². The van der Waals surface area contributed by atoms with E-state index in [-0.39, 0.29) is 17.7 Å². The van der Waals surface area contributed by atoms with E-state index in [1.54, 1.807) is 18.2 Å². The second-order valence-electron chi connectivity index (χ2n) is 6.47. The number of hydrogen-bond donors (Lipinski definition) is 0. The van der Waals surface area contributed by atoms with E-state index in [4.69, 9.17) is 0 Å². The molecule has 1 aliphatic rings. The summed E-state index contributed by atoms with van der Waals surface area (Å²) in [5.41, 5.74) is 1.68. The average molecular weight is 370 g/mol. The average Bonchev–Trinajstić information content (AvgIpc) is 2.68.